The fourth-order valence-electron chi connectivity index (χ4n) is 2.15. The fraction of sp³-hybridized carbons (Fsp3) is 0.111. The molecule has 1 aromatic heterocycles. The van der Waals surface area contributed by atoms with E-state index >= 15 is 0 Å². The van der Waals surface area contributed by atoms with Gasteiger partial charge in [0.1, 0.15) is 11.5 Å². The van der Waals surface area contributed by atoms with E-state index in [1.807, 2.05) is 0 Å². The molecule has 126 valence electrons. The Morgan fingerprint density at radius 1 is 0.800 bits per heavy atom. The summed E-state index contributed by atoms with van der Waals surface area (Å²) in [5, 5.41) is 0.169. The molecule has 0 radical (unpaired) electrons. The molecule has 1 heterocycles. The summed E-state index contributed by atoms with van der Waals surface area (Å²) >= 11 is 0.906. The van der Waals surface area contributed by atoms with Crippen LogP contribution < -0.4 is 9.47 Å². The van der Waals surface area contributed by atoms with Crippen LogP contribution in [0.15, 0.2) is 48.5 Å². The molecular weight excluding hydrogens is 340 g/mol. The molecule has 6 nitrogen and oxygen atoms in total. The van der Waals surface area contributed by atoms with Crippen LogP contribution in [0.25, 0.3) is 0 Å². The van der Waals surface area contributed by atoms with Gasteiger partial charge in [0.15, 0.2) is 5.01 Å². The van der Waals surface area contributed by atoms with Gasteiger partial charge in [0.25, 0.3) is 0 Å². The second-order valence-electron chi connectivity index (χ2n) is 5.04. The molecule has 0 aliphatic carbocycles. The van der Waals surface area contributed by atoms with Crippen LogP contribution in [0.3, 0.4) is 0 Å². The summed E-state index contributed by atoms with van der Waals surface area (Å²) in [6.45, 7) is 0. The number of ether oxygens (including phenoxy) is 2. The Morgan fingerprint density at radius 3 is 1.76 bits per heavy atom. The first-order chi connectivity index (χ1) is 12.1. The normalized spacial score (nSPS) is 10.3. The number of nitrogens with zero attached hydrogens (tertiary/aromatic N) is 2. The van der Waals surface area contributed by atoms with Gasteiger partial charge in [0.05, 0.1) is 14.2 Å². The van der Waals surface area contributed by atoms with E-state index in [0.717, 1.165) is 11.5 Å². The van der Waals surface area contributed by atoms with Gasteiger partial charge in [0.2, 0.25) is 17.4 Å². The number of aromatic nitrogens is 2. The zero-order chi connectivity index (χ0) is 17.8. The van der Waals surface area contributed by atoms with Crippen molar-refractivity contribution in [1.29, 1.82) is 0 Å². The van der Waals surface area contributed by atoms with Gasteiger partial charge < -0.3 is 9.47 Å². The quantitative estimate of drug-likeness (QED) is 0.633. The minimum Gasteiger partial charge on any atom is -0.497 e. The van der Waals surface area contributed by atoms with Crippen LogP contribution in [-0.4, -0.2) is 35.1 Å². The molecule has 0 spiro atoms. The third-order valence-electron chi connectivity index (χ3n) is 3.53. The maximum atomic E-state index is 12.4. The van der Waals surface area contributed by atoms with Crippen LogP contribution in [-0.2, 0) is 0 Å². The van der Waals surface area contributed by atoms with Crippen molar-refractivity contribution in [3.63, 3.8) is 0 Å². The monoisotopic (exact) mass is 354 g/mol. The fourth-order valence-corrected chi connectivity index (χ4v) is 2.77. The lowest BCUT2D eigenvalue weighted by Crippen LogP contribution is -2.06. The average molecular weight is 354 g/mol. The number of hydrogen-bond acceptors (Lipinski definition) is 7. The molecule has 0 saturated heterocycles. The predicted octanol–water partition coefficient (Wildman–Crippen LogP) is 3.02. The van der Waals surface area contributed by atoms with Gasteiger partial charge in [-0.2, -0.15) is 4.37 Å². The molecule has 2 aromatic carbocycles. The van der Waals surface area contributed by atoms with Crippen LogP contribution in [0, 0.1) is 0 Å². The minimum atomic E-state index is -0.340. The molecule has 0 aliphatic heterocycles. The van der Waals surface area contributed by atoms with E-state index in [-0.39, 0.29) is 22.4 Å². The van der Waals surface area contributed by atoms with Crippen molar-refractivity contribution in [2.75, 3.05) is 14.2 Å². The van der Waals surface area contributed by atoms with Crippen LogP contribution in [0.1, 0.15) is 31.5 Å². The molecule has 0 atom stereocenters. The van der Waals surface area contributed by atoms with Gasteiger partial charge in [-0.1, -0.05) is 0 Å². The second kappa shape index (κ2) is 7.23. The van der Waals surface area contributed by atoms with Crippen molar-refractivity contribution in [2.45, 2.75) is 0 Å². The second-order valence-corrected chi connectivity index (χ2v) is 5.79. The summed E-state index contributed by atoms with van der Waals surface area (Å²) in [6, 6.07) is 13.3. The Bertz CT molecular complexity index is 828. The van der Waals surface area contributed by atoms with Gasteiger partial charge in [-0.3, -0.25) is 9.59 Å². The zero-order valence-electron chi connectivity index (χ0n) is 13.6. The molecule has 25 heavy (non-hydrogen) atoms. The Labute approximate surface area is 148 Å². The van der Waals surface area contributed by atoms with E-state index < -0.39 is 0 Å². The maximum absolute atomic E-state index is 12.4. The number of hydrogen-bond donors (Lipinski definition) is 0. The summed E-state index contributed by atoms with van der Waals surface area (Å²) in [5.41, 5.74) is 0.891. The van der Waals surface area contributed by atoms with E-state index in [1.165, 1.54) is 0 Å². The zero-order valence-corrected chi connectivity index (χ0v) is 14.4. The van der Waals surface area contributed by atoms with E-state index in [9.17, 15) is 9.59 Å². The van der Waals surface area contributed by atoms with Gasteiger partial charge >= 0.3 is 0 Å². The first-order valence-corrected chi connectivity index (χ1v) is 8.11. The Balaban J connectivity index is 1.80. The highest BCUT2D eigenvalue weighted by Crippen LogP contribution is 2.18. The number of carbonyl (C=O) groups excluding carboxylic acids is 2. The summed E-state index contributed by atoms with van der Waals surface area (Å²) in [7, 11) is 3.11. The van der Waals surface area contributed by atoms with Crippen LogP contribution in [0.2, 0.25) is 0 Å². The molecule has 7 heteroatoms. The lowest BCUT2D eigenvalue weighted by Gasteiger charge is -2.01. The standard InChI is InChI=1S/C18H14N2O4S/c1-23-13-7-3-11(4-8-13)15(21)17-19-18(25-20-17)16(22)12-5-9-14(24-2)10-6-12/h3-10H,1-2H3. The van der Waals surface area contributed by atoms with Gasteiger partial charge in [0, 0.05) is 11.1 Å². The number of ketones is 2. The van der Waals surface area contributed by atoms with Gasteiger partial charge in [-0.25, -0.2) is 4.98 Å². The first-order valence-electron chi connectivity index (χ1n) is 7.33. The van der Waals surface area contributed by atoms with Gasteiger partial charge in [-0.05, 0) is 60.1 Å². The predicted molar refractivity (Wildman–Crippen MR) is 92.8 cm³/mol. The van der Waals surface area contributed by atoms with Crippen LogP contribution in [0.4, 0.5) is 0 Å². The highest BCUT2D eigenvalue weighted by atomic mass is 32.1. The topological polar surface area (TPSA) is 78.4 Å². The average Bonchev–Trinajstić information content (AvgIpc) is 3.17. The van der Waals surface area contributed by atoms with Crippen molar-refractivity contribution >= 4 is 23.1 Å². The molecule has 0 bridgehead atoms. The number of rotatable bonds is 6. The summed E-state index contributed by atoms with van der Waals surface area (Å²) in [6.07, 6.45) is 0. The first kappa shape index (κ1) is 16.8. The Kier molecular flexibility index (Phi) is 4.85. The maximum Gasteiger partial charge on any atom is 0.231 e. The molecule has 0 amide bonds. The molecule has 0 fully saturated rings. The summed E-state index contributed by atoms with van der Waals surface area (Å²) < 4.78 is 14.1. The highest BCUT2D eigenvalue weighted by Gasteiger charge is 2.20. The third-order valence-corrected chi connectivity index (χ3v) is 4.24. The SMILES string of the molecule is COc1ccc(C(=O)c2nsc(C(=O)c3ccc(OC)cc3)n2)cc1. The summed E-state index contributed by atoms with van der Waals surface area (Å²) in [4.78, 5) is 28.9. The molecule has 0 N–H and O–H groups in total. The van der Waals surface area contributed by atoms with E-state index in [4.69, 9.17) is 9.47 Å². The molecule has 0 saturated carbocycles. The van der Waals surface area contributed by atoms with E-state index in [1.54, 1.807) is 62.8 Å². The molecular formula is C18H14N2O4S. The number of methoxy groups -OCH3 is 2. The summed E-state index contributed by atoms with van der Waals surface area (Å²) in [5.74, 6) is 0.691. The Hall–Kier alpha value is -3.06. The van der Waals surface area contributed by atoms with E-state index in [2.05, 4.69) is 9.36 Å². The number of benzene rings is 2. The third kappa shape index (κ3) is 3.56. The number of carbonyl (C=O) groups is 2. The largest absolute Gasteiger partial charge is 0.497 e. The van der Waals surface area contributed by atoms with E-state index in [0.29, 0.717) is 22.6 Å². The Morgan fingerprint density at radius 2 is 1.28 bits per heavy atom. The highest BCUT2D eigenvalue weighted by molar-refractivity contribution is 7.08. The van der Waals surface area contributed by atoms with Crippen molar-refractivity contribution in [3.05, 3.63) is 70.5 Å². The molecule has 0 aliphatic rings. The minimum absolute atomic E-state index is 0.00651. The van der Waals surface area contributed by atoms with Crippen molar-refractivity contribution < 1.29 is 19.1 Å². The molecule has 3 rings (SSSR count). The smallest absolute Gasteiger partial charge is 0.231 e. The van der Waals surface area contributed by atoms with Crippen molar-refractivity contribution in [3.8, 4) is 11.5 Å². The van der Waals surface area contributed by atoms with Crippen molar-refractivity contribution in [2.24, 2.45) is 0 Å². The molecule has 3 aromatic rings. The van der Waals surface area contributed by atoms with Crippen LogP contribution >= 0.6 is 11.5 Å². The lowest BCUT2D eigenvalue weighted by molar-refractivity contribution is 0.103. The lowest BCUT2D eigenvalue weighted by atomic mass is 10.1. The van der Waals surface area contributed by atoms with Crippen LogP contribution in [0.5, 0.6) is 11.5 Å². The van der Waals surface area contributed by atoms with Gasteiger partial charge in [-0.15, -0.1) is 0 Å². The van der Waals surface area contributed by atoms with Crippen molar-refractivity contribution in [1.82, 2.24) is 9.36 Å². The molecule has 0 unspecified atom stereocenters.